The van der Waals surface area contributed by atoms with E-state index in [9.17, 15) is 0 Å². The smallest absolute Gasteiger partial charge is 0.164 e. The summed E-state index contributed by atoms with van der Waals surface area (Å²) in [7, 11) is 0. The van der Waals surface area contributed by atoms with Crippen molar-refractivity contribution in [3.63, 3.8) is 0 Å². The highest BCUT2D eigenvalue weighted by Gasteiger charge is 2.59. The predicted molar refractivity (Wildman–Crippen MR) is 160 cm³/mol. The molecule has 4 nitrogen and oxygen atoms in total. The van der Waals surface area contributed by atoms with Crippen molar-refractivity contribution in [3.05, 3.63) is 0 Å². The molecule has 2 aliphatic heterocycles. The first kappa shape index (κ1) is 34.0. The van der Waals surface area contributed by atoms with E-state index in [1.165, 1.54) is 0 Å². The summed E-state index contributed by atoms with van der Waals surface area (Å²) in [6.07, 6.45) is 0.526. The van der Waals surface area contributed by atoms with E-state index < -0.39 is 0 Å². The van der Waals surface area contributed by atoms with Crippen LogP contribution in [0.15, 0.2) is 0 Å². The highest BCUT2D eigenvalue weighted by molar-refractivity contribution is 5.03. The summed E-state index contributed by atoms with van der Waals surface area (Å²) in [6.45, 7) is 41.3. The van der Waals surface area contributed by atoms with Gasteiger partial charge in [0.05, 0.1) is 23.9 Å². The maximum Gasteiger partial charge on any atom is 0.164 e. The fourth-order valence-electron chi connectivity index (χ4n) is 6.58. The standard InChI is InChI=1S/C34H66O4/c1-20(2)21(3)19-22-23(30(4,5)6)25(27(33(13,14)15)37-28(22)38-34(16,17)18)35-29-24(31(7,8)9)26(36-29)32(10,11)12/h20-29H,19H2,1-18H3/t21-,22?,23?,24?,25?,26?,27?,28?,29?/m1/s1. The molecule has 0 amide bonds. The largest absolute Gasteiger partial charge is 0.348 e. The minimum Gasteiger partial charge on any atom is -0.348 e. The fraction of sp³-hybridized carbons (Fsp3) is 1.00. The van der Waals surface area contributed by atoms with Gasteiger partial charge < -0.3 is 18.9 Å². The monoisotopic (exact) mass is 538 g/mol. The second kappa shape index (κ2) is 11.3. The summed E-state index contributed by atoms with van der Waals surface area (Å²) in [6, 6.07) is 0. The van der Waals surface area contributed by atoms with Gasteiger partial charge in [-0.3, -0.25) is 0 Å². The Hall–Kier alpha value is -0.160. The summed E-state index contributed by atoms with van der Waals surface area (Å²) in [4.78, 5) is 0. The molecule has 9 atom stereocenters. The number of hydrogen-bond acceptors (Lipinski definition) is 4. The zero-order valence-electron chi connectivity index (χ0n) is 28.6. The van der Waals surface area contributed by atoms with Gasteiger partial charge in [0, 0.05) is 17.8 Å². The molecule has 0 spiro atoms. The third kappa shape index (κ3) is 8.20. The van der Waals surface area contributed by atoms with Crippen molar-refractivity contribution in [1.29, 1.82) is 0 Å². The lowest BCUT2D eigenvalue weighted by atomic mass is 9.62. The Morgan fingerprint density at radius 1 is 0.579 bits per heavy atom. The predicted octanol–water partition coefficient (Wildman–Crippen LogP) is 9.35. The molecule has 0 saturated carbocycles. The van der Waals surface area contributed by atoms with Crippen LogP contribution < -0.4 is 0 Å². The molecule has 0 aromatic carbocycles. The van der Waals surface area contributed by atoms with Gasteiger partial charge in [-0.15, -0.1) is 0 Å². The number of hydrogen-bond donors (Lipinski definition) is 0. The van der Waals surface area contributed by atoms with Crippen molar-refractivity contribution >= 4 is 0 Å². The van der Waals surface area contributed by atoms with Crippen molar-refractivity contribution in [2.24, 2.45) is 51.2 Å². The van der Waals surface area contributed by atoms with Gasteiger partial charge >= 0.3 is 0 Å². The van der Waals surface area contributed by atoms with Crippen LogP contribution in [0, 0.1) is 51.2 Å². The van der Waals surface area contributed by atoms with E-state index in [0.717, 1.165) is 6.42 Å². The molecule has 0 aliphatic carbocycles. The Bertz CT molecular complexity index is 752. The maximum absolute atomic E-state index is 7.22. The third-order valence-corrected chi connectivity index (χ3v) is 8.89. The van der Waals surface area contributed by atoms with Crippen LogP contribution in [0.3, 0.4) is 0 Å². The first-order valence-corrected chi connectivity index (χ1v) is 15.4. The Labute approximate surface area is 237 Å². The lowest BCUT2D eigenvalue weighted by molar-refractivity contribution is -0.397. The van der Waals surface area contributed by atoms with Crippen LogP contribution in [0.25, 0.3) is 0 Å². The van der Waals surface area contributed by atoms with Crippen LogP contribution in [0.4, 0.5) is 0 Å². The molecule has 2 aliphatic rings. The van der Waals surface area contributed by atoms with E-state index in [2.05, 4.69) is 125 Å². The van der Waals surface area contributed by atoms with E-state index in [1.807, 2.05) is 0 Å². The SMILES string of the molecule is CC(C)[C@H](C)CC1C(OC(C)(C)C)OC(C(C)(C)C)C(OC2OC(C(C)(C)C)C2C(C)(C)C)C1C(C)(C)C. The number of rotatable bonds is 6. The quantitative estimate of drug-likeness (QED) is 0.337. The second-order valence-electron chi connectivity index (χ2n) is 18.3. The summed E-state index contributed by atoms with van der Waals surface area (Å²) in [5, 5.41) is 0. The lowest BCUT2D eigenvalue weighted by Crippen LogP contribution is -2.66. The van der Waals surface area contributed by atoms with Gasteiger partial charge in [-0.2, -0.15) is 0 Å². The van der Waals surface area contributed by atoms with E-state index in [4.69, 9.17) is 18.9 Å². The molecular weight excluding hydrogens is 472 g/mol. The summed E-state index contributed by atoms with van der Waals surface area (Å²) in [5.74, 6) is 1.95. The molecule has 2 saturated heterocycles. The van der Waals surface area contributed by atoms with Crippen LogP contribution in [0.2, 0.25) is 0 Å². The van der Waals surface area contributed by atoms with Gasteiger partial charge in [0.2, 0.25) is 0 Å². The summed E-state index contributed by atoms with van der Waals surface area (Å²) in [5.41, 5.74) is -0.268. The molecule has 0 radical (unpaired) electrons. The average molecular weight is 539 g/mol. The van der Waals surface area contributed by atoms with E-state index in [0.29, 0.717) is 17.8 Å². The highest BCUT2D eigenvalue weighted by Crippen LogP contribution is 2.54. The van der Waals surface area contributed by atoms with Gasteiger partial charge in [0.15, 0.2) is 12.6 Å². The molecular formula is C34H66O4. The number of ether oxygens (including phenoxy) is 4. The molecule has 0 aromatic rings. The van der Waals surface area contributed by atoms with Crippen molar-refractivity contribution in [2.45, 2.75) is 168 Å². The molecule has 8 unspecified atom stereocenters. The Balaban J connectivity index is 2.60. The van der Waals surface area contributed by atoms with Gasteiger partial charge in [0.25, 0.3) is 0 Å². The van der Waals surface area contributed by atoms with Crippen LogP contribution in [0.1, 0.15) is 131 Å². The molecule has 2 heterocycles. The second-order valence-corrected chi connectivity index (χ2v) is 18.3. The topological polar surface area (TPSA) is 36.9 Å². The fourth-order valence-corrected chi connectivity index (χ4v) is 6.58. The molecule has 0 bridgehead atoms. The first-order valence-electron chi connectivity index (χ1n) is 15.4. The molecule has 2 rings (SSSR count). The minimum absolute atomic E-state index is 0.00319. The Morgan fingerprint density at radius 3 is 1.39 bits per heavy atom. The van der Waals surface area contributed by atoms with Crippen LogP contribution >= 0.6 is 0 Å². The molecule has 0 N–H and O–H groups in total. The van der Waals surface area contributed by atoms with Gasteiger partial charge in [-0.05, 0) is 60.7 Å². The Kier molecular flexibility index (Phi) is 10.1. The highest BCUT2D eigenvalue weighted by atomic mass is 16.7. The molecule has 0 aromatic heterocycles. The van der Waals surface area contributed by atoms with E-state index >= 15 is 0 Å². The minimum atomic E-state index is -0.295. The van der Waals surface area contributed by atoms with Crippen molar-refractivity contribution in [1.82, 2.24) is 0 Å². The summed E-state index contributed by atoms with van der Waals surface area (Å²) < 4.78 is 27.6. The molecule has 38 heavy (non-hydrogen) atoms. The van der Waals surface area contributed by atoms with E-state index in [-0.39, 0.29) is 70.0 Å². The van der Waals surface area contributed by atoms with Crippen LogP contribution in [-0.4, -0.2) is 36.5 Å². The third-order valence-electron chi connectivity index (χ3n) is 8.89. The molecule has 226 valence electrons. The van der Waals surface area contributed by atoms with Crippen molar-refractivity contribution in [2.75, 3.05) is 0 Å². The van der Waals surface area contributed by atoms with Crippen LogP contribution in [-0.2, 0) is 18.9 Å². The zero-order chi connectivity index (χ0) is 29.8. The van der Waals surface area contributed by atoms with Crippen molar-refractivity contribution < 1.29 is 18.9 Å². The van der Waals surface area contributed by atoms with Gasteiger partial charge in [-0.1, -0.05) is 104 Å². The van der Waals surface area contributed by atoms with Crippen LogP contribution in [0.5, 0.6) is 0 Å². The molecule has 2 fully saturated rings. The van der Waals surface area contributed by atoms with Gasteiger partial charge in [-0.25, -0.2) is 0 Å². The summed E-state index contributed by atoms with van der Waals surface area (Å²) >= 11 is 0. The first-order chi connectivity index (χ1) is 16.7. The Morgan fingerprint density at radius 2 is 1.03 bits per heavy atom. The molecule has 4 heteroatoms. The maximum atomic E-state index is 7.22. The van der Waals surface area contributed by atoms with E-state index in [1.54, 1.807) is 0 Å². The normalized spacial score (nSPS) is 34.8. The average Bonchev–Trinajstić information content (AvgIpc) is 2.60. The lowest BCUT2D eigenvalue weighted by Gasteiger charge is -2.60. The zero-order valence-corrected chi connectivity index (χ0v) is 28.6. The van der Waals surface area contributed by atoms with Crippen molar-refractivity contribution in [3.8, 4) is 0 Å². The van der Waals surface area contributed by atoms with Gasteiger partial charge in [0.1, 0.15) is 0 Å².